The molecule has 0 spiro atoms. The number of aromatic amines is 1. The van der Waals surface area contributed by atoms with Gasteiger partial charge < -0.3 is 4.98 Å². The maximum absolute atomic E-state index is 8.18. The standard InChI is InChI=1S/C5H3N7/c6-12-11-5-3-4(8-1-7-3)9-2-10-5/h1-2H,(H,7,8,9,10). The zero-order valence-electron chi connectivity index (χ0n) is 5.84. The van der Waals surface area contributed by atoms with Crippen LogP contribution in [0.2, 0.25) is 0 Å². The molecule has 0 unspecified atom stereocenters. The van der Waals surface area contributed by atoms with E-state index >= 15 is 0 Å². The minimum absolute atomic E-state index is 0.264. The van der Waals surface area contributed by atoms with Gasteiger partial charge in [-0.15, -0.1) is 0 Å². The number of rotatable bonds is 1. The molecule has 2 heterocycles. The topological polar surface area (TPSA) is 103 Å². The number of hydrogen-bond donors (Lipinski definition) is 1. The fraction of sp³-hybridized carbons (Fsp3) is 0. The van der Waals surface area contributed by atoms with E-state index in [2.05, 4.69) is 30.0 Å². The first-order chi connectivity index (χ1) is 5.92. The van der Waals surface area contributed by atoms with Gasteiger partial charge in [0.05, 0.1) is 6.33 Å². The Labute approximate surface area is 66.1 Å². The van der Waals surface area contributed by atoms with E-state index in [0.717, 1.165) is 0 Å². The lowest BCUT2D eigenvalue weighted by atomic mass is 10.5. The van der Waals surface area contributed by atoms with Crippen LogP contribution in [-0.4, -0.2) is 19.9 Å². The van der Waals surface area contributed by atoms with Crippen molar-refractivity contribution < 1.29 is 0 Å². The van der Waals surface area contributed by atoms with E-state index in [1.165, 1.54) is 12.7 Å². The van der Waals surface area contributed by atoms with Crippen LogP contribution in [0.1, 0.15) is 0 Å². The maximum Gasteiger partial charge on any atom is 0.180 e. The van der Waals surface area contributed by atoms with E-state index < -0.39 is 0 Å². The molecule has 1 N–H and O–H groups in total. The summed E-state index contributed by atoms with van der Waals surface area (Å²) in [5.74, 6) is 0.264. The van der Waals surface area contributed by atoms with Crippen LogP contribution in [0.5, 0.6) is 0 Å². The van der Waals surface area contributed by atoms with Crippen LogP contribution in [0.3, 0.4) is 0 Å². The first-order valence-corrected chi connectivity index (χ1v) is 3.11. The Hall–Kier alpha value is -2.14. The Morgan fingerprint density at radius 2 is 2.33 bits per heavy atom. The highest BCUT2D eigenvalue weighted by molar-refractivity contribution is 5.79. The molecule has 0 radical (unpaired) electrons. The lowest BCUT2D eigenvalue weighted by molar-refractivity contribution is 1.18. The summed E-state index contributed by atoms with van der Waals surface area (Å²) in [5, 5.41) is 3.37. The van der Waals surface area contributed by atoms with Gasteiger partial charge in [0, 0.05) is 4.91 Å². The fourth-order valence-electron chi connectivity index (χ4n) is 0.870. The van der Waals surface area contributed by atoms with Gasteiger partial charge >= 0.3 is 0 Å². The van der Waals surface area contributed by atoms with Gasteiger partial charge in [0.1, 0.15) is 11.8 Å². The smallest absolute Gasteiger partial charge is 0.180 e. The molecule has 0 atom stereocenters. The number of nitrogens with zero attached hydrogens (tertiary/aromatic N) is 6. The lowest BCUT2D eigenvalue weighted by Crippen LogP contribution is -1.80. The summed E-state index contributed by atoms with van der Waals surface area (Å²) in [5.41, 5.74) is 9.22. The van der Waals surface area contributed by atoms with E-state index in [9.17, 15) is 0 Å². The Morgan fingerprint density at radius 1 is 1.42 bits per heavy atom. The van der Waals surface area contributed by atoms with Gasteiger partial charge in [-0.2, -0.15) is 0 Å². The summed E-state index contributed by atoms with van der Waals surface area (Å²) in [6.07, 6.45) is 2.77. The summed E-state index contributed by atoms with van der Waals surface area (Å²) < 4.78 is 0. The second kappa shape index (κ2) is 2.48. The Kier molecular flexibility index (Phi) is 1.36. The molecular weight excluding hydrogens is 158 g/mol. The molecule has 0 aliphatic heterocycles. The average Bonchev–Trinajstić information content (AvgIpc) is 2.53. The third kappa shape index (κ3) is 0.850. The molecule has 2 aromatic rings. The number of imidazole rings is 1. The number of azide groups is 1. The first kappa shape index (κ1) is 6.56. The van der Waals surface area contributed by atoms with Crippen LogP contribution in [0.25, 0.3) is 21.6 Å². The van der Waals surface area contributed by atoms with Gasteiger partial charge in [0.15, 0.2) is 11.5 Å². The summed E-state index contributed by atoms with van der Waals surface area (Å²) >= 11 is 0. The van der Waals surface area contributed by atoms with Crippen molar-refractivity contribution in [2.24, 2.45) is 5.11 Å². The quantitative estimate of drug-likeness (QED) is 0.387. The summed E-state index contributed by atoms with van der Waals surface area (Å²) in [7, 11) is 0. The molecule has 0 aliphatic carbocycles. The number of hydrogen-bond acceptors (Lipinski definition) is 4. The highest BCUT2D eigenvalue weighted by Gasteiger charge is 2.01. The molecule has 0 saturated carbocycles. The Balaban J connectivity index is 2.81. The van der Waals surface area contributed by atoms with Crippen molar-refractivity contribution in [2.75, 3.05) is 0 Å². The van der Waals surface area contributed by atoms with E-state index in [1.807, 2.05) is 0 Å². The van der Waals surface area contributed by atoms with E-state index in [-0.39, 0.29) is 5.82 Å². The van der Waals surface area contributed by atoms with E-state index in [1.54, 1.807) is 0 Å². The number of nitrogens with one attached hydrogen (secondary N) is 1. The zero-order valence-corrected chi connectivity index (χ0v) is 5.84. The van der Waals surface area contributed by atoms with Gasteiger partial charge in [-0.3, -0.25) is 0 Å². The third-order valence-corrected chi connectivity index (χ3v) is 1.34. The van der Waals surface area contributed by atoms with Crippen LogP contribution in [0, 0.1) is 0 Å². The number of fused-ring (bicyclic) bond motifs is 1. The number of aromatic nitrogens is 4. The van der Waals surface area contributed by atoms with Crippen molar-refractivity contribution in [3.05, 3.63) is 23.1 Å². The minimum Gasteiger partial charge on any atom is -0.342 e. The van der Waals surface area contributed by atoms with Gasteiger partial charge in [-0.25, -0.2) is 15.0 Å². The van der Waals surface area contributed by atoms with Gasteiger partial charge in [-0.05, 0) is 10.6 Å². The summed E-state index contributed by atoms with van der Waals surface area (Å²) in [6, 6.07) is 0. The Morgan fingerprint density at radius 3 is 3.17 bits per heavy atom. The van der Waals surface area contributed by atoms with Gasteiger partial charge in [0.2, 0.25) is 0 Å². The lowest BCUT2D eigenvalue weighted by Gasteiger charge is -1.89. The molecule has 12 heavy (non-hydrogen) atoms. The van der Waals surface area contributed by atoms with Crippen molar-refractivity contribution in [1.82, 2.24) is 19.9 Å². The number of H-pyrrole nitrogens is 1. The van der Waals surface area contributed by atoms with Crippen LogP contribution >= 0.6 is 0 Å². The fourth-order valence-corrected chi connectivity index (χ4v) is 0.870. The molecule has 0 fully saturated rings. The van der Waals surface area contributed by atoms with Crippen molar-refractivity contribution >= 4 is 17.0 Å². The second-order valence-corrected chi connectivity index (χ2v) is 1.99. The van der Waals surface area contributed by atoms with Crippen molar-refractivity contribution in [3.8, 4) is 0 Å². The van der Waals surface area contributed by atoms with E-state index in [0.29, 0.717) is 11.2 Å². The molecule has 0 aromatic carbocycles. The van der Waals surface area contributed by atoms with Crippen LogP contribution < -0.4 is 0 Å². The van der Waals surface area contributed by atoms with Crippen molar-refractivity contribution in [2.45, 2.75) is 0 Å². The van der Waals surface area contributed by atoms with Crippen molar-refractivity contribution in [3.63, 3.8) is 0 Å². The average molecular weight is 161 g/mol. The van der Waals surface area contributed by atoms with Gasteiger partial charge in [0.25, 0.3) is 0 Å². The van der Waals surface area contributed by atoms with Gasteiger partial charge in [-0.1, -0.05) is 0 Å². The molecule has 2 aromatic heterocycles. The Bertz CT molecular complexity index is 452. The molecule has 58 valence electrons. The molecule has 2 rings (SSSR count). The largest absolute Gasteiger partial charge is 0.342 e. The molecule has 0 aliphatic rings. The highest BCUT2D eigenvalue weighted by Crippen LogP contribution is 2.16. The van der Waals surface area contributed by atoms with E-state index in [4.69, 9.17) is 5.53 Å². The first-order valence-electron chi connectivity index (χ1n) is 3.11. The summed E-state index contributed by atoms with van der Waals surface area (Å²) in [6.45, 7) is 0. The SMILES string of the molecule is [N-]=[N+]=Nc1ncnc2nc[nH]c12. The predicted octanol–water partition coefficient (Wildman–Crippen LogP) is 1.29. The highest BCUT2D eigenvalue weighted by atomic mass is 15.2. The third-order valence-electron chi connectivity index (χ3n) is 1.34. The normalized spacial score (nSPS) is 9.67. The predicted molar refractivity (Wildman–Crippen MR) is 40.5 cm³/mol. The molecular formula is C5H3N7. The molecule has 7 nitrogen and oxygen atoms in total. The molecule has 0 saturated heterocycles. The second-order valence-electron chi connectivity index (χ2n) is 1.99. The van der Waals surface area contributed by atoms with Crippen LogP contribution in [-0.2, 0) is 0 Å². The molecule has 0 bridgehead atoms. The monoisotopic (exact) mass is 161 g/mol. The minimum atomic E-state index is 0.264. The van der Waals surface area contributed by atoms with Crippen LogP contribution in [0.15, 0.2) is 17.8 Å². The van der Waals surface area contributed by atoms with Crippen molar-refractivity contribution in [1.29, 1.82) is 0 Å². The van der Waals surface area contributed by atoms with Crippen LogP contribution in [0.4, 0.5) is 5.82 Å². The zero-order chi connectivity index (χ0) is 8.39. The maximum atomic E-state index is 8.18. The molecule has 7 heteroatoms. The summed E-state index contributed by atoms with van der Waals surface area (Å²) in [4.78, 5) is 16.9. The molecule has 0 amide bonds.